The number of terminal acetylenes is 1. The minimum atomic E-state index is -0.153. The maximum Gasteiger partial charge on any atom is 0.240 e. The summed E-state index contributed by atoms with van der Waals surface area (Å²) in [5.41, 5.74) is 0. The largest absolute Gasteiger partial charge is 0.361 e. The van der Waals surface area contributed by atoms with Gasteiger partial charge in [0.25, 0.3) is 0 Å². The third kappa shape index (κ3) is 4.63. The average molecular weight is 287 g/mol. The molecule has 1 fully saturated rings. The van der Waals surface area contributed by atoms with E-state index in [9.17, 15) is 4.79 Å². The number of carbonyl (C=O) groups is 1. The first-order valence-electron chi connectivity index (χ1n) is 7.20. The molecule has 6 nitrogen and oxygen atoms in total. The van der Waals surface area contributed by atoms with Gasteiger partial charge in [0.2, 0.25) is 5.91 Å². The predicted octanol–water partition coefficient (Wildman–Crippen LogP) is 0.874. The van der Waals surface area contributed by atoms with Crippen LogP contribution in [0.2, 0.25) is 0 Å². The summed E-state index contributed by atoms with van der Waals surface area (Å²) in [7, 11) is 0. The van der Waals surface area contributed by atoms with Crippen molar-refractivity contribution in [2.75, 3.05) is 36.4 Å². The molecule has 1 amide bonds. The van der Waals surface area contributed by atoms with Gasteiger partial charge in [0, 0.05) is 19.2 Å². The highest BCUT2D eigenvalue weighted by Crippen LogP contribution is 2.22. The van der Waals surface area contributed by atoms with Gasteiger partial charge < -0.3 is 15.5 Å². The Hall–Kier alpha value is -2.29. The maximum atomic E-state index is 11.5. The van der Waals surface area contributed by atoms with Crippen LogP contribution in [0.1, 0.15) is 19.8 Å². The monoisotopic (exact) mass is 287 g/mol. The first kappa shape index (κ1) is 15.1. The van der Waals surface area contributed by atoms with Crippen molar-refractivity contribution in [3.8, 4) is 12.3 Å². The molecule has 1 aromatic heterocycles. The first-order chi connectivity index (χ1) is 10.2. The molecule has 2 N–H and O–H groups in total. The second kappa shape index (κ2) is 7.48. The Morgan fingerprint density at radius 2 is 2.43 bits per heavy atom. The van der Waals surface area contributed by atoms with E-state index in [0.29, 0.717) is 11.7 Å². The summed E-state index contributed by atoms with van der Waals surface area (Å²) in [6, 6.07) is 1.88. The summed E-state index contributed by atoms with van der Waals surface area (Å²) in [6.45, 7) is 4.67. The van der Waals surface area contributed by atoms with Gasteiger partial charge in [-0.3, -0.25) is 4.79 Å². The Bertz CT molecular complexity index is 525. The number of hydrogen-bond acceptors (Lipinski definition) is 5. The lowest BCUT2D eigenvalue weighted by atomic mass is 10.0. The predicted molar refractivity (Wildman–Crippen MR) is 83.0 cm³/mol. The molecular weight excluding hydrogens is 266 g/mol. The summed E-state index contributed by atoms with van der Waals surface area (Å²) < 4.78 is 0. The van der Waals surface area contributed by atoms with Gasteiger partial charge in [-0.1, -0.05) is 12.8 Å². The third-order valence-electron chi connectivity index (χ3n) is 3.45. The van der Waals surface area contributed by atoms with Crippen molar-refractivity contribution in [2.45, 2.75) is 19.8 Å². The van der Waals surface area contributed by atoms with Crippen LogP contribution in [0.4, 0.5) is 11.6 Å². The van der Waals surface area contributed by atoms with Crippen molar-refractivity contribution in [1.29, 1.82) is 0 Å². The first-order valence-corrected chi connectivity index (χ1v) is 7.20. The van der Waals surface area contributed by atoms with Crippen LogP contribution in [0.25, 0.3) is 0 Å². The molecule has 0 saturated carbocycles. The Kier molecular flexibility index (Phi) is 5.38. The summed E-state index contributed by atoms with van der Waals surface area (Å²) in [5, 5.41) is 5.58. The van der Waals surface area contributed by atoms with E-state index < -0.39 is 0 Å². The van der Waals surface area contributed by atoms with Crippen molar-refractivity contribution in [1.82, 2.24) is 15.3 Å². The molecule has 1 aromatic rings. The molecule has 112 valence electrons. The second-order valence-electron chi connectivity index (χ2n) is 5.29. The standard InChI is InChI=1S/C15H21N5O/c1-3-6-16-15(21)9-17-13-8-14(19-11-18-13)20-7-4-5-12(2)10-20/h1,8,11-12H,4-7,9-10H2,2H3,(H,16,21)(H,17,18,19). The molecule has 1 saturated heterocycles. The van der Waals surface area contributed by atoms with Crippen LogP contribution in [0.5, 0.6) is 0 Å². The van der Waals surface area contributed by atoms with E-state index in [4.69, 9.17) is 6.42 Å². The molecule has 1 unspecified atom stereocenters. The van der Waals surface area contributed by atoms with Crippen LogP contribution >= 0.6 is 0 Å². The fourth-order valence-electron chi connectivity index (χ4n) is 2.40. The van der Waals surface area contributed by atoms with E-state index >= 15 is 0 Å². The fraction of sp³-hybridized carbons (Fsp3) is 0.533. The van der Waals surface area contributed by atoms with Crippen LogP contribution in [0, 0.1) is 18.3 Å². The average Bonchev–Trinajstić information content (AvgIpc) is 2.51. The number of piperidine rings is 1. The lowest BCUT2D eigenvalue weighted by molar-refractivity contribution is -0.119. The number of rotatable bonds is 5. The van der Waals surface area contributed by atoms with E-state index in [-0.39, 0.29) is 19.0 Å². The van der Waals surface area contributed by atoms with Gasteiger partial charge in [0.15, 0.2) is 0 Å². The number of nitrogens with one attached hydrogen (secondary N) is 2. The van der Waals surface area contributed by atoms with Gasteiger partial charge in [-0.2, -0.15) is 0 Å². The van der Waals surface area contributed by atoms with Gasteiger partial charge in [0.1, 0.15) is 18.0 Å². The molecular formula is C15H21N5O. The Morgan fingerprint density at radius 3 is 3.19 bits per heavy atom. The SMILES string of the molecule is C#CCNC(=O)CNc1cc(N2CCCC(C)C2)ncn1. The van der Waals surface area contributed by atoms with Crippen molar-refractivity contribution in [3.05, 3.63) is 12.4 Å². The summed E-state index contributed by atoms with van der Waals surface area (Å²) in [6.07, 6.45) is 9.06. The van der Waals surface area contributed by atoms with Gasteiger partial charge >= 0.3 is 0 Å². The molecule has 0 spiro atoms. The summed E-state index contributed by atoms with van der Waals surface area (Å²) >= 11 is 0. The molecule has 6 heteroatoms. The number of aromatic nitrogens is 2. The molecule has 0 bridgehead atoms. The Balaban J connectivity index is 1.91. The van der Waals surface area contributed by atoms with Gasteiger partial charge in [0.05, 0.1) is 13.1 Å². The molecule has 2 heterocycles. The topological polar surface area (TPSA) is 70.2 Å². The normalized spacial score (nSPS) is 17.9. The lowest BCUT2D eigenvalue weighted by Crippen LogP contribution is -2.35. The van der Waals surface area contributed by atoms with Crippen LogP contribution in [-0.4, -0.2) is 42.1 Å². The lowest BCUT2D eigenvalue weighted by Gasteiger charge is -2.31. The van der Waals surface area contributed by atoms with E-state index in [2.05, 4.69) is 38.3 Å². The van der Waals surface area contributed by atoms with Crippen molar-refractivity contribution in [2.24, 2.45) is 5.92 Å². The van der Waals surface area contributed by atoms with Crippen LogP contribution in [0.15, 0.2) is 12.4 Å². The van der Waals surface area contributed by atoms with Crippen molar-refractivity contribution in [3.63, 3.8) is 0 Å². The van der Waals surface area contributed by atoms with Gasteiger partial charge in [-0.05, 0) is 18.8 Å². The van der Waals surface area contributed by atoms with Gasteiger partial charge in [-0.15, -0.1) is 6.42 Å². The highest BCUT2D eigenvalue weighted by molar-refractivity contribution is 5.80. The Labute approximate surface area is 125 Å². The highest BCUT2D eigenvalue weighted by atomic mass is 16.1. The molecule has 0 radical (unpaired) electrons. The zero-order valence-corrected chi connectivity index (χ0v) is 12.3. The molecule has 0 aromatic carbocycles. The number of hydrogen-bond donors (Lipinski definition) is 2. The number of nitrogens with zero attached hydrogens (tertiary/aromatic N) is 3. The number of amides is 1. The Morgan fingerprint density at radius 1 is 1.57 bits per heavy atom. The number of anilines is 2. The van der Waals surface area contributed by atoms with Crippen LogP contribution < -0.4 is 15.5 Å². The van der Waals surface area contributed by atoms with E-state index in [0.717, 1.165) is 18.9 Å². The third-order valence-corrected chi connectivity index (χ3v) is 3.45. The maximum absolute atomic E-state index is 11.5. The fourth-order valence-corrected chi connectivity index (χ4v) is 2.40. The summed E-state index contributed by atoms with van der Waals surface area (Å²) in [5.74, 6) is 4.44. The van der Waals surface area contributed by atoms with E-state index in [1.54, 1.807) is 0 Å². The summed E-state index contributed by atoms with van der Waals surface area (Å²) in [4.78, 5) is 22.2. The van der Waals surface area contributed by atoms with E-state index in [1.165, 1.54) is 19.2 Å². The molecule has 21 heavy (non-hydrogen) atoms. The van der Waals surface area contributed by atoms with Crippen molar-refractivity contribution >= 4 is 17.5 Å². The minimum absolute atomic E-state index is 0.147. The molecule has 2 rings (SSSR count). The van der Waals surface area contributed by atoms with Crippen LogP contribution in [-0.2, 0) is 4.79 Å². The van der Waals surface area contributed by atoms with Crippen molar-refractivity contribution < 1.29 is 4.79 Å². The molecule has 1 atom stereocenters. The smallest absolute Gasteiger partial charge is 0.240 e. The molecule has 0 aliphatic carbocycles. The van der Waals surface area contributed by atoms with Crippen LogP contribution in [0.3, 0.4) is 0 Å². The highest BCUT2D eigenvalue weighted by Gasteiger charge is 2.17. The minimum Gasteiger partial charge on any atom is -0.361 e. The number of carbonyl (C=O) groups excluding carboxylic acids is 1. The van der Waals surface area contributed by atoms with E-state index in [1.807, 2.05) is 6.07 Å². The molecule has 1 aliphatic heterocycles. The molecule has 1 aliphatic rings. The quantitative estimate of drug-likeness (QED) is 0.787. The zero-order valence-electron chi connectivity index (χ0n) is 12.3. The van der Waals surface area contributed by atoms with Gasteiger partial charge in [-0.25, -0.2) is 9.97 Å². The second-order valence-corrected chi connectivity index (χ2v) is 5.29. The zero-order chi connectivity index (χ0) is 15.1.